The Hall–Kier alpha value is -2.73. The second-order valence-corrected chi connectivity index (χ2v) is 5.03. The molecule has 0 fully saturated rings. The van der Waals surface area contributed by atoms with Gasteiger partial charge in [0.1, 0.15) is 0 Å². The quantitative estimate of drug-likeness (QED) is 0.595. The summed E-state index contributed by atoms with van der Waals surface area (Å²) in [4.78, 5) is 0. The van der Waals surface area contributed by atoms with Crippen molar-refractivity contribution in [2.75, 3.05) is 0 Å². The molecule has 0 saturated carbocycles. The number of fused-ring (bicyclic) bond motifs is 1. The number of hydrogen-bond donors (Lipinski definition) is 2. The van der Waals surface area contributed by atoms with E-state index in [-0.39, 0.29) is 0 Å². The minimum Gasteiger partial charge on any atom is -0.277 e. The molecule has 2 aromatic carbocycles. The summed E-state index contributed by atoms with van der Waals surface area (Å²) < 4.78 is 0. The zero-order valence-electron chi connectivity index (χ0n) is 10.7. The molecule has 21 heavy (non-hydrogen) atoms. The van der Waals surface area contributed by atoms with Crippen molar-refractivity contribution < 1.29 is 0 Å². The van der Waals surface area contributed by atoms with Crippen molar-refractivity contribution in [2.45, 2.75) is 0 Å². The van der Waals surface area contributed by atoms with Crippen LogP contribution in [0.15, 0.2) is 42.5 Å². The Balaban J connectivity index is 1.90. The van der Waals surface area contributed by atoms with E-state index in [0.717, 1.165) is 27.7 Å². The van der Waals surface area contributed by atoms with Crippen molar-refractivity contribution >= 4 is 22.5 Å². The molecule has 6 nitrogen and oxygen atoms in total. The first-order valence-corrected chi connectivity index (χ1v) is 6.67. The second kappa shape index (κ2) is 4.68. The predicted molar refractivity (Wildman–Crippen MR) is 79.7 cm³/mol. The van der Waals surface area contributed by atoms with Crippen molar-refractivity contribution in [1.29, 1.82) is 0 Å². The van der Waals surface area contributed by atoms with Crippen LogP contribution in [0.25, 0.3) is 33.5 Å². The molecule has 0 aliphatic heterocycles. The first-order valence-electron chi connectivity index (χ1n) is 6.29. The van der Waals surface area contributed by atoms with Crippen LogP contribution in [0.3, 0.4) is 0 Å². The van der Waals surface area contributed by atoms with E-state index >= 15 is 0 Å². The van der Waals surface area contributed by atoms with Crippen LogP contribution in [0.1, 0.15) is 0 Å². The molecule has 0 atom stereocenters. The van der Waals surface area contributed by atoms with Gasteiger partial charge in [0.25, 0.3) is 0 Å². The molecule has 102 valence electrons. The van der Waals surface area contributed by atoms with Gasteiger partial charge in [-0.15, -0.1) is 5.10 Å². The van der Waals surface area contributed by atoms with Crippen molar-refractivity contribution in [3.8, 4) is 22.6 Å². The van der Waals surface area contributed by atoms with Gasteiger partial charge in [0.05, 0.1) is 11.2 Å². The van der Waals surface area contributed by atoms with E-state index in [4.69, 9.17) is 11.6 Å². The highest BCUT2D eigenvalue weighted by Gasteiger charge is 2.10. The Kier molecular flexibility index (Phi) is 2.68. The fourth-order valence-corrected chi connectivity index (χ4v) is 2.40. The molecule has 4 aromatic rings. The van der Waals surface area contributed by atoms with Crippen LogP contribution < -0.4 is 0 Å². The fourth-order valence-electron chi connectivity index (χ4n) is 2.27. The molecule has 0 aliphatic rings. The molecular weight excluding hydrogens is 288 g/mol. The zero-order valence-corrected chi connectivity index (χ0v) is 11.5. The second-order valence-electron chi connectivity index (χ2n) is 4.59. The standard InChI is InChI=1S/C14H9ClN6/c15-10-4-1-8(2-5-10)13-11-7-9(14-18-20-21-19-14)3-6-12(11)16-17-13/h1-7H,(H,16,17)(H,18,19,20,21). The highest BCUT2D eigenvalue weighted by molar-refractivity contribution is 6.30. The van der Waals surface area contributed by atoms with Crippen molar-refractivity contribution in [3.05, 3.63) is 47.5 Å². The maximum atomic E-state index is 5.93. The number of tetrazole rings is 1. The van der Waals surface area contributed by atoms with E-state index < -0.39 is 0 Å². The average molecular weight is 297 g/mol. The number of H-pyrrole nitrogens is 2. The van der Waals surface area contributed by atoms with Crippen LogP contribution in [-0.4, -0.2) is 30.8 Å². The van der Waals surface area contributed by atoms with Crippen LogP contribution in [-0.2, 0) is 0 Å². The lowest BCUT2D eigenvalue weighted by Gasteiger charge is -2.00. The molecular formula is C14H9ClN6. The minimum absolute atomic E-state index is 0.625. The normalized spacial score (nSPS) is 11.1. The molecule has 0 unspecified atom stereocenters. The van der Waals surface area contributed by atoms with Gasteiger partial charge >= 0.3 is 0 Å². The van der Waals surface area contributed by atoms with Gasteiger partial charge in [-0.05, 0) is 40.8 Å². The number of aromatic amines is 2. The van der Waals surface area contributed by atoms with Crippen molar-refractivity contribution in [1.82, 2.24) is 30.8 Å². The Morgan fingerprint density at radius 2 is 1.71 bits per heavy atom. The number of halogens is 1. The number of hydrogen-bond acceptors (Lipinski definition) is 4. The summed E-state index contributed by atoms with van der Waals surface area (Å²) in [5, 5.41) is 23.0. The van der Waals surface area contributed by atoms with Crippen molar-refractivity contribution in [2.24, 2.45) is 0 Å². The third-order valence-corrected chi connectivity index (χ3v) is 3.55. The zero-order chi connectivity index (χ0) is 14.2. The Morgan fingerprint density at radius 1 is 0.905 bits per heavy atom. The summed E-state index contributed by atoms with van der Waals surface area (Å²) in [6.07, 6.45) is 0. The fraction of sp³-hybridized carbons (Fsp3) is 0. The third-order valence-electron chi connectivity index (χ3n) is 3.30. The number of aromatic nitrogens is 6. The summed E-state index contributed by atoms with van der Waals surface area (Å²) in [6, 6.07) is 13.5. The predicted octanol–water partition coefficient (Wildman–Crippen LogP) is 3.06. The van der Waals surface area contributed by atoms with Gasteiger partial charge in [-0.2, -0.15) is 5.10 Å². The number of nitrogens with one attached hydrogen (secondary N) is 2. The van der Waals surface area contributed by atoms with Gasteiger partial charge in [0.2, 0.25) is 0 Å². The maximum absolute atomic E-state index is 5.93. The summed E-state index contributed by atoms with van der Waals surface area (Å²) >= 11 is 5.93. The van der Waals surface area contributed by atoms with E-state index in [1.165, 1.54) is 0 Å². The summed E-state index contributed by atoms with van der Waals surface area (Å²) in [5.74, 6) is 0.625. The van der Waals surface area contributed by atoms with Gasteiger partial charge in [-0.1, -0.05) is 23.7 Å². The topological polar surface area (TPSA) is 83.1 Å². The molecule has 0 bridgehead atoms. The molecule has 2 heterocycles. The van der Waals surface area contributed by atoms with Gasteiger partial charge in [-0.3, -0.25) is 5.10 Å². The molecule has 4 rings (SSSR count). The first kappa shape index (κ1) is 12.0. The Morgan fingerprint density at radius 3 is 2.48 bits per heavy atom. The monoisotopic (exact) mass is 296 g/mol. The average Bonchev–Trinajstić information content (AvgIpc) is 3.17. The lowest BCUT2D eigenvalue weighted by atomic mass is 10.1. The van der Waals surface area contributed by atoms with E-state index in [2.05, 4.69) is 30.8 Å². The Bertz CT molecular complexity index is 895. The van der Waals surface area contributed by atoms with Gasteiger partial charge in [-0.25, -0.2) is 5.10 Å². The first-order chi connectivity index (χ1) is 10.3. The van der Waals surface area contributed by atoms with Crippen LogP contribution in [0, 0.1) is 0 Å². The van der Waals surface area contributed by atoms with E-state index in [0.29, 0.717) is 10.8 Å². The number of benzene rings is 2. The van der Waals surface area contributed by atoms with Crippen LogP contribution in [0.4, 0.5) is 0 Å². The van der Waals surface area contributed by atoms with Gasteiger partial charge < -0.3 is 0 Å². The van der Waals surface area contributed by atoms with Crippen LogP contribution in [0.2, 0.25) is 5.02 Å². The van der Waals surface area contributed by atoms with E-state index in [1.54, 1.807) is 0 Å². The molecule has 2 aromatic heterocycles. The highest BCUT2D eigenvalue weighted by atomic mass is 35.5. The molecule has 0 spiro atoms. The largest absolute Gasteiger partial charge is 0.277 e. The van der Waals surface area contributed by atoms with Crippen LogP contribution in [0.5, 0.6) is 0 Å². The van der Waals surface area contributed by atoms with Crippen molar-refractivity contribution in [3.63, 3.8) is 0 Å². The smallest absolute Gasteiger partial charge is 0.179 e. The van der Waals surface area contributed by atoms with E-state index in [1.807, 2.05) is 42.5 Å². The lowest BCUT2D eigenvalue weighted by Crippen LogP contribution is -1.82. The summed E-state index contributed by atoms with van der Waals surface area (Å²) in [6.45, 7) is 0. The minimum atomic E-state index is 0.625. The highest BCUT2D eigenvalue weighted by Crippen LogP contribution is 2.29. The molecule has 0 saturated heterocycles. The third kappa shape index (κ3) is 2.05. The lowest BCUT2D eigenvalue weighted by molar-refractivity contribution is 0.881. The molecule has 0 amide bonds. The number of rotatable bonds is 2. The summed E-state index contributed by atoms with van der Waals surface area (Å²) in [5.41, 5.74) is 3.73. The molecule has 2 N–H and O–H groups in total. The Labute approximate surface area is 124 Å². The van der Waals surface area contributed by atoms with Crippen LogP contribution >= 0.6 is 11.6 Å². The maximum Gasteiger partial charge on any atom is 0.179 e. The number of nitrogens with zero attached hydrogens (tertiary/aromatic N) is 4. The van der Waals surface area contributed by atoms with Gasteiger partial charge in [0.15, 0.2) is 5.82 Å². The SMILES string of the molecule is Clc1ccc(-c2n[nH]c3ccc(-c4nnn[nH]4)cc23)cc1. The molecule has 7 heteroatoms. The molecule has 0 aliphatic carbocycles. The molecule has 0 radical (unpaired) electrons. The van der Waals surface area contributed by atoms with Gasteiger partial charge in [0, 0.05) is 21.5 Å². The van der Waals surface area contributed by atoms with E-state index in [9.17, 15) is 0 Å². The summed E-state index contributed by atoms with van der Waals surface area (Å²) in [7, 11) is 0.